The number of nitrogens with zero attached hydrogens (tertiary/aromatic N) is 8. The average Bonchev–Trinajstić information content (AvgIpc) is 3.46. The third kappa shape index (κ3) is 51.2. The molecular weight excluding hydrogens is 1090 g/mol. The number of azide groups is 1. The molecule has 0 atom stereocenters. The highest BCUT2D eigenvalue weighted by molar-refractivity contribution is 5.91. The number of hydrogen-bond acceptors (Lipinski definition) is 23. The summed E-state index contributed by atoms with van der Waals surface area (Å²) < 4.78 is 82.0. The Morgan fingerprint density at radius 3 is 0.817 bits per heavy atom. The molecule has 0 heterocycles. The summed E-state index contributed by atoms with van der Waals surface area (Å²) in [7, 11) is 7.08. The molecule has 0 aliphatic carbocycles. The largest absolute Gasteiger partial charge is 0.379 e. The van der Waals surface area contributed by atoms with E-state index < -0.39 is 29.5 Å². The second-order valence-electron chi connectivity index (χ2n) is 17.6. The van der Waals surface area contributed by atoms with Crippen molar-refractivity contribution in [2.24, 2.45) is 10.8 Å². The molecule has 0 aromatic heterocycles. The maximum absolute atomic E-state index is 12.8. The van der Waals surface area contributed by atoms with Gasteiger partial charge in [0.15, 0.2) is 0 Å². The van der Waals surface area contributed by atoms with Gasteiger partial charge in [0, 0.05) is 59.8 Å². The van der Waals surface area contributed by atoms with Crippen molar-refractivity contribution in [1.29, 1.82) is 0 Å². The van der Waals surface area contributed by atoms with Crippen LogP contribution >= 0.6 is 0 Å². The summed E-state index contributed by atoms with van der Waals surface area (Å²) in [5.74, 6) is -2.80. The Labute approximate surface area is 483 Å². The minimum atomic E-state index is -0.535. The molecule has 0 fully saturated rings. The smallest absolute Gasteiger partial charge is 0.242 e. The molecule has 0 saturated heterocycles. The number of amides is 6. The summed E-state index contributed by atoms with van der Waals surface area (Å²) >= 11 is 0. The van der Waals surface area contributed by atoms with E-state index in [9.17, 15) is 28.8 Å². The molecule has 0 unspecified atom stereocenters. The molecule has 0 radical (unpaired) electrons. The normalized spacial score (nSPS) is 11.1. The molecule has 0 spiro atoms. The van der Waals surface area contributed by atoms with E-state index >= 15 is 0 Å². The number of nitrogens with one attached hydrogen (secondary N) is 1. The lowest BCUT2D eigenvalue weighted by Gasteiger charge is -2.26. The molecule has 0 saturated carbocycles. The van der Waals surface area contributed by atoms with Crippen LogP contribution in [0.3, 0.4) is 0 Å². The highest BCUT2D eigenvalue weighted by atomic mass is 16.6. The molecule has 478 valence electrons. The predicted molar refractivity (Wildman–Crippen MR) is 296 cm³/mol. The van der Waals surface area contributed by atoms with Crippen LogP contribution in [0.15, 0.2) is 5.11 Å². The summed E-state index contributed by atoms with van der Waals surface area (Å²) in [6.45, 7) is 12.7. The van der Waals surface area contributed by atoms with Crippen molar-refractivity contribution in [3.63, 3.8) is 0 Å². The van der Waals surface area contributed by atoms with Crippen LogP contribution in [0.1, 0.15) is 12.8 Å². The highest BCUT2D eigenvalue weighted by Crippen LogP contribution is 2.00. The van der Waals surface area contributed by atoms with Crippen LogP contribution in [0.2, 0.25) is 0 Å². The molecule has 82 heavy (non-hydrogen) atoms. The topological polar surface area (TPSA) is 344 Å². The first-order valence-corrected chi connectivity index (χ1v) is 27.7. The summed E-state index contributed by atoms with van der Waals surface area (Å²) in [6.07, 6.45) is 0.480. The Morgan fingerprint density at radius 2 is 0.573 bits per heavy atom. The summed E-state index contributed by atoms with van der Waals surface area (Å²) in [4.78, 5) is 84.0. The lowest BCUT2D eigenvalue weighted by molar-refractivity contribution is -0.145. The number of likely N-dealkylation sites (N-methyl/N-ethyl adjacent to an activating group) is 5. The standard InChI is InChI=1S/C51H98N10O21/c1-57(41-46(62)54-9-6-10-55-56-53)48(64)43-59(3)50(66)45-61(5)51(67)44-60(4)49(65)42-58(2)47(63)7-11-68-13-15-70-17-19-72-21-23-74-25-27-76-29-31-78-33-35-80-37-39-82-40-38-81-36-34-79-32-30-77-28-26-75-24-22-73-20-18-71-16-14-69-12-8-52/h6-45,52H2,1-5H3,(H,54,62). The van der Waals surface area contributed by atoms with Crippen molar-refractivity contribution in [3.05, 3.63) is 10.4 Å². The zero-order valence-corrected chi connectivity index (χ0v) is 49.5. The van der Waals surface area contributed by atoms with Crippen LogP contribution < -0.4 is 11.1 Å². The van der Waals surface area contributed by atoms with E-state index in [-0.39, 0.29) is 71.4 Å². The Hall–Kier alpha value is -4.51. The van der Waals surface area contributed by atoms with Gasteiger partial charge in [-0.2, -0.15) is 0 Å². The molecule has 0 aliphatic heterocycles. The molecule has 6 amide bonds. The molecule has 0 aromatic rings. The first-order valence-electron chi connectivity index (χ1n) is 27.7. The third-order valence-corrected chi connectivity index (χ3v) is 10.8. The molecule has 31 heteroatoms. The number of hydrogen-bond donors (Lipinski definition) is 2. The highest BCUT2D eigenvalue weighted by Gasteiger charge is 2.23. The van der Waals surface area contributed by atoms with Gasteiger partial charge in [-0.05, 0) is 12.0 Å². The van der Waals surface area contributed by atoms with E-state index in [1.165, 1.54) is 40.1 Å². The number of rotatable bonds is 61. The fourth-order valence-corrected chi connectivity index (χ4v) is 6.04. The number of carbonyl (C=O) groups excluding carboxylic acids is 6. The Bertz CT molecular complexity index is 1650. The molecule has 3 N–H and O–H groups in total. The zero-order chi connectivity index (χ0) is 60.4. The van der Waals surface area contributed by atoms with E-state index in [0.29, 0.717) is 198 Å². The monoisotopic (exact) mass is 1190 g/mol. The molecule has 0 aromatic carbocycles. The van der Waals surface area contributed by atoms with Crippen molar-refractivity contribution in [2.45, 2.75) is 12.8 Å². The van der Waals surface area contributed by atoms with Gasteiger partial charge in [0.1, 0.15) is 0 Å². The van der Waals surface area contributed by atoms with Crippen LogP contribution in [-0.2, 0) is 99.8 Å². The van der Waals surface area contributed by atoms with Gasteiger partial charge in [-0.25, -0.2) is 0 Å². The van der Waals surface area contributed by atoms with Gasteiger partial charge >= 0.3 is 0 Å². The van der Waals surface area contributed by atoms with E-state index in [1.807, 2.05) is 0 Å². The quantitative estimate of drug-likeness (QED) is 0.0280. The van der Waals surface area contributed by atoms with Crippen LogP contribution in [0.4, 0.5) is 0 Å². The fraction of sp³-hybridized carbons (Fsp3) is 0.882. The third-order valence-electron chi connectivity index (χ3n) is 10.8. The van der Waals surface area contributed by atoms with Gasteiger partial charge in [-0.15, -0.1) is 0 Å². The van der Waals surface area contributed by atoms with Crippen LogP contribution in [0, 0.1) is 0 Å². The molecule has 0 rings (SSSR count). The van der Waals surface area contributed by atoms with Crippen molar-refractivity contribution in [3.8, 4) is 0 Å². The van der Waals surface area contributed by atoms with Crippen molar-refractivity contribution in [2.75, 3.05) is 286 Å². The van der Waals surface area contributed by atoms with Gasteiger partial charge in [0.2, 0.25) is 35.4 Å². The maximum atomic E-state index is 12.8. The SMILES string of the molecule is CN(CC(=O)NCCCN=[N+]=[N-])C(=O)CN(C)C(=O)CN(C)C(=O)CN(C)C(=O)CN(C)C(=O)CCOCCOCCOCCOCCOCCOCCOCCOCCOCCOCCOCCOCCOCCOCCOCCN. The van der Waals surface area contributed by atoms with Crippen LogP contribution in [0.5, 0.6) is 0 Å². The minimum Gasteiger partial charge on any atom is -0.379 e. The van der Waals surface area contributed by atoms with Gasteiger partial charge < -0.3 is 107 Å². The van der Waals surface area contributed by atoms with E-state index in [2.05, 4.69) is 15.3 Å². The summed E-state index contributed by atoms with van der Waals surface area (Å²) in [6, 6.07) is 0. The van der Waals surface area contributed by atoms with Crippen LogP contribution in [-0.4, -0.2) is 346 Å². The molecular formula is C51H98N10O21. The number of nitrogens with two attached hydrogens (primary N) is 1. The average molecular weight is 1190 g/mol. The Balaban J connectivity index is 3.58. The number of ether oxygens (including phenoxy) is 15. The van der Waals surface area contributed by atoms with Gasteiger partial charge in [0.25, 0.3) is 0 Å². The minimum absolute atomic E-state index is 0.0330. The van der Waals surface area contributed by atoms with Gasteiger partial charge in [-0.3, -0.25) is 28.8 Å². The fourth-order valence-electron chi connectivity index (χ4n) is 6.04. The van der Waals surface area contributed by atoms with Crippen LogP contribution in [0.25, 0.3) is 10.4 Å². The second-order valence-corrected chi connectivity index (χ2v) is 17.6. The van der Waals surface area contributed by atoms with Gasteiger partial charge in [-0.1, -0.05) is 5.11 Å². The summed E-state index contributed by atoms with van der Waals surface area (Å²) in [5.41, 5.74) is 13.6. The Morgan fingerprint density at radius 1 is 0.354 bits per heavy atom. The molecule has 0 bridgehead atoms. The first kappa shape index (κ1) is 77.5. The van der Waals surface area contributed by atoms with Crippen molar-refractivity contribution < 1.29 is 99.8 Å². The number of carbonyl (C=O) groups is 6. The van der Waals surface area contributed by atoms with Crippen molar-refractivity contribution >= 4 is 35.4 Å². The zero-order valence-electron chi connectivity index (χ0n) is 49.5. The maximum Gasteiger partial charge on any atom is 0.242 e. The van der Waals surface area contributed by atoms with E-state index in [4.69, 9.17) is 82.3 Å². The van der Waals surface area contributed by atoms with Crippen molar-refractivity contribution in [1.82, 2.24) is 29.8 Å². The lowest BCUT2D eigenvalue weighted by atomic mass is 10.3. The lowest BCUT2D eigenvalue weighted by Crippen LogP contribution is -2.48. The first-order chi connectivity index (χ1) is 39.8. The Kier molecular flexibility index (Phi) is 55.1. The second kappa shape index (κ2) is 58.3. The molecule has 0 aliphatic rings. The van der Waals surface area contributed by atoms with Gasteiger partial charge in [0.05, 0.1) is 237 Å². The summed E-state index contributed by atoms with van der Waals surface area (Å²) in [5, 5.41) is 5.98. The van der Waals surface area contributed by atoms with E-state index in [0.717, 1.165) is 19.6 Å². The predicted octanol–water partition coefficient (Wildman–Crippen LogP) is -2.31. The van der Waals surface area contributed by atoms with E-state index in [1.54, 1.807) is 0 Å². The molecule has 31 nitrogen and oxygen atoms in total.